The van der Waals surface area contributed by atoms with Crippen LogP contribution in [0.1, 0.15) is 29.9 Å². The fraction of sp³-hybridized carbons (Fsp3) is 0.143. The van der Waals surface area contributed by atoms with Gasteiger partial charge in [-0.15, -0.1) is 0 Å². The first-order valence-corrected chi connectivity index (χ1v) is 8.71. The highest BCUT2D eigenvalue weighted by atomic mass is 16.5. The minimum Gasteiger partial charge on any atom is -0.491 e. The van der Waals surface area contributed by atoms with E-state index in [1.165, 1.54) is 12.4 Å². The van der Waals surface area contributed by atoms with Gasteiger partial charge in [-0.25, -0.2) is 9.97 Å². The number of ether oxygens (including phenoxy) is 1. The molecule has 3 rings (SSSR count). The molecule has 0 saturated heterocycles. The maximum Gasteiger partial charge on any atom is 0.275 e. The predicted octanol–water partition coefficient (Wildman–Crippen LogP) is 4.13. The molecule has 1 amide bonds. The van der Waals surface area contributed by atoms with Crippen molar-refractivity contribution < 1.29 is 9.53 Å². The molecular weight excluding hydrogens is 354 g/mol. The molecule has 3 aromatic rings. The number of nitriles is 1. The number of rotatable bonds is 6. The zero-order chi connectivity index (χ0) is 19.9. The maximum atomic E-state index is 12.3. The van der Waals surface area contributed by atoms with Gasteiger partial charge in [0.1, 0.15) is 23.3 Å². The van der Waals surface area contributed by atoms with E-state index in [0.29, 0.717) is 17.1 Å². The maximum absolute atomic E-state index is 12.3. The highest BCUT2D eigenvalue weighted by Crippen LogP contribution is 2.20. The lowest BCUT2D eigenvalue weighted by atomic mass is 10.2. The Bertz CT molecular complexity index is 993. The van der Waals surface area contributed by atoms with E-state index in [1.54, 1.807) is 24.3 Å². The number of anilines is 3. The summed E-state index contributed by atoms with van der Waals surface area (Å²) in [5.41, 5.74) is 1.79. The van der Waals surface area contributed by atoms with Crippen LogP contribution in [-0.2, 0) is 0 Å². The molecule has 0 saturated carbocycles. The molecule has 28 heavy (non-hydrogen) atoms. The molecule has 0 aliphatic rings. The molecule has 2 aromatic carbocycles. The van der Waals surface area contributed by atoms with Crippen molar-refractivity contribution in [2.45, 2.75) is 20.0 Å². The number of aromatic nitrogens is 2. The molecule has 0 aliphatic heterocycles. The molecule has 2 N–H and O–H groups in total. The number of hydrogen-bond donors (Lipinski definition) is 2. The molecule has 7 heteroatoms. The van der Waals surface area contributed by atoms with E-state index in [-0.39, 0.29) is 11.8 Å². The van der Waals surface area contributed by atoms with Gasteiger partial charge in [0.25, 0.3) is 5.91 Å². The Morgan fingerprint density at radius 3 is 2.46 bits per heavy atom. The average molecular weight is 373 g/mol. The van der Waals surface area contributed by atoms with E-state index < -0.39 is 5.91 Å². The van der Waals surface area contributed by atoms with Crippen molar-refractivity contribution in [3.8, 4) is 11.8 Å². The first-order chi connectivity index (χ1) is 13.5. The number of carbonyl (C=O) groups excluding carboxylic acids is 1. The second-order valence-electron chi connectivity index (χ2n) is 6.21. The van der Waals surface area contributed by atoms with Crippen LogP contribution in [0.25, 0.3) is 0 Å². The van der Waals surface area contributed by atoms with E-state index in [9.17, 15) is 4.79 Å². The Hall–Kier alpha value is -3.92. The molecule has 0 bridgehead atoms. The van der Waals surface area contributed by atoms with Gasteiger partial charge in [0, 0.05) is 5.69 Å². The van der Waals surface area contributed by atoms with Gasteiger partial charge in [0.05, 0.1) is 29.7 Å². The van der Waals surface area contributed by atoms with Crippen molar-refractivity contribution >= 4 is 23.1 Å². The van der Waals surface area contributed by atoms with E-state index in [2.05, 4.69) is 20.6 Å². The number of amides is 1. The molecule has 0 radical (unpaired) electrons. The largest absolute Gasteiger partial charge is 0.491 e. The standard InChI is InChI=1S/C21H19N5O2/c1-14(2)28-17-9-7-16(8-10-17)25-20-13-23-19(12-24-20)21(27)26-18-6-4-3-5-15(18)11-22/h3-10,12-14H,1-2H3,(H,24,25)(H,26,27). The third kappa shape index (κ3) is 4.83. The summed E-state index contributed by atoms with van der Waals surface area (Å²) in [6, 6.07) is 16.3. The molecule has 0 atom stereocenters. The summed E-state index contributed by atoms with van der Waals surface area (Å²) in [7, 11) is 0. The second kappa shape index (κ2) is 8.64. The summed E-state index contributed by atoms with van der Waals surface area (Å²) in [5, 5.41) is 14.9. The van der Waals surface area contributed by atoms with Crippen molar-refractivity contribution in [3.63, 3.8) is 0 Å². The highest BCUT2D eigenvalue weighted by molar-refractivity contribution is 6.03. The molecule has 0 aliphatic carbocycles. The van der Waals surface area contributed by atoms with Crippen molar-refractivity contribution in [2.75, 3.05) is 10.6 Å². The molecule has 7 nitrogen and oxygen atoms in total. The lowest BCUT2D eigenvalue weighted by Gasteiger charge is -2.11. The highest BCUT2D eigenvalue weighted by Gasteiger charge is 2.11. The molecule has 0 spiro atoms. The molecule has 1 heterocycles. The van der Waals surface area contributed by atoms with Gasteiger partial charge in [-0.1, -0.05) is 12.1 Å². The number of para-hydroxylation sites is 1. The summed E-state index contributed by atoms with van der Waals surface area (Å²) in [6.45, 7) is 3.94. The Balaban J connectivity index is 1.64. The van der Waals surface area contributed by atoms with Crippen LogP contribution in [0, 0.1) is 11.3 Å². The van der Waals surface area contributed by atoms with Crippen LogP contribution in [-0.4, -0.2) is 22.0 Å². The lowest BCUT2D eigenvalue weighted by Crippen LogP contribution is -2.15. The van der Waals surface area contributed by atoms with Gasteiger partial charge in [-0.3, -0.25) is 4.79 Å². The van der Waals surface area contributed by atoms with Crippen molar-refractivity contribution in [1.29, 1.82) is 5.26 Å². The van der Waals surface area contributed by atoms with Crippen LogP contribution in [0.3, 0.4) is 0 Å². The van der Waals surface area contributed by atoms with Crippen LogP contribution in [0.4, 0.5) is 17.2 Å². The normalized spacial score (nSPS) is 10.2. The van der Waals surface area contributed by atoms with Crippen LogP contribution in [0.2, 0.25) is 0 Å². The molecule has 140 valence electrons. The fourth-order valence-electron chi connectivity index (χ4n) is 2.42. The molecule has 1 aromatic heterocycles. The number of carbonyl (C=O) groups is 1. The number of nitrogens with one attached hydrogen (secondary N) is 2. The van der Waals surface area contributed by atoms with Gasteiger partial charge in [-0.2, -0.15) is 5.26 Å². The number of nitrogens with zero attached hydrogens (tertiary/aromatic N) is 3. The van der Waals surface area contributed by atoms with Crippen LogP contribution >= 0.6 is 0 Å². The third-order valence-corrected chi connectivity index (χ3v) is 3.68. The smallest absolute Gasteiger partial charge is 0.275 e. The first kappa shape index (κ1) is 18.9. The van der Waals surface area contributed by atoms with E-state index in [0.717, 1.165) is 11.4 Å². The Kier molecular flexibility index (Phi) is 5.82. The summed E-state index contributed by atoms with van der Waals surface area (Å²) >= 11 is 0. The fourth-order valence-corrected chi connectivity index (χ4v) is 2.42. The van der Waals surface area contributed by atoms with Crippen LogP contribution in [0.15, 0.2) is 60.9 Å². The quantitative estimate of drug-likeness (QED) is 0.674. The zero-order valence-corrected chi connectivity index (χ0v) is 15.5. The predicted molar refractivity (Wildman–Crippen MR) is 107 cm³/mol. The van der Waals surface area contributed by atoms with E-state index in [1.807, 2.05) is 44.2 Å². The van der Waals surface area contributed by atoms with Crippen molar-refractivity contribution in [2.24, 2.45) is 0 Å². The monoisotopic (exact) mass is 373 g/mol. The summed E-state index contributed by atoms with van der Waals surface area (Å²) < 4.78 is 5.61. The van der Waals surface area contributed by atoms with Crippen molar-refractivity contribution in [3.05, 3.63) is 72.2 Å². The number of hydrogen-bond acceptors (Lipinski definition) is 6. The molecular formula is C21H19N5O2. The van der Waals surface area contributed by atoms with Crippen LogP contribution in [0.5, 0.6) is 5.75 Å². The molecule has 0 unspecified atom stereocenters. The third-order valence-electron chi connectivity index (χ3n) is 3.68. The molecule has 0 fully saturated rings. The SMILES string of the molecule is CC(C)Oc1ccc(Nc2cnc(C(=O)Nc3ccccc3C#N)cn2)cc1. The first-order valence-electron chi connectivity index (χ1n) is 8.71. The summed E-state index contributed by atoms with van der Waals surface area (Å²) in [4.78, 5) is 20.7. The second-order valence-corrected chi connectivity index (χ2v) is 6.21. The van der Waals surface area contributed by atoms with Gasteiger partial charge < -0.3 is 15.4 Å². The van der Waals surface area contributed by atoms with Crippen molar-refractivity contribution in [1.82, 2.24) is 9.97 Å². The van der Waals surface area contributed by atoms with E-state index in [4.69, 9.17) is 10.00 Å². The van der Waals surface area contributed by atoms with Gasteiger partial charge in [0.15, 0.2) is 0 Å². The topological polar surface area (TPSA) is 99.9 Å². The summed E-state index contributed by atoms with van der Waals surface area (Å²) in [5.74, 6) is 0.861. The minimum absolute atomic E-state index is 0.114. The summed E-state index contributed by atoms with van der Waals surface area (Å²) in [6.07, 6.45) is 2.97. The Labute approximate surface area is 163 Å². The average Bonchev–Trinajstić information content (AvgIpc) is 2.70. The zero-order valence-electron chi connectivity index (χ0n) is 15.5. The van der Waals surface area contributed by atoms with E-state index >= 15 is 0 Å². The Morgan fingerprint density at radius 1 is 1.07 bits per heavy atom. The number of benzene rings is 2. The van der Waals surface area contributed by atoms with Crippen LogP contribution < -0.4 is 15.4 Å². The Morgan fingerprint density at radius 2 is 1.82 bits per heavy atom. The van der Waals surface area contributed by atoms with Gasteiger partial charge in [0.2, 0.25) is 0 Å². The van der Waals surface area contributed by atoms with Gasteiger partial charge in [-0.05, 0) is 50.2 Å². The minimum atomic E-state index is -0.433. The van der Waals surface area contributed by atoms with Gasteiger partial charge >= 0.3 is 0 Å². The lowest BCUT2D eigenvalue weighted by molar-refractivity contribution is 0.102.